The predicted molar refractivity (Wildman–Crippen MR) is 69.8 cm³/mol. The van der Waals surface area contributed by atoms with Crippen molar-refractivity contribution < 1.29 is 9.18 Å². The molecule has 1 atom stereocenters. The van der Waals surface area contributed by atoms with Crippen molar-refractivity contribution in [1.29, 1.82) is 0 Å². The minimum Gasteiger partial charge on any atom is -0.324 e. The molecule has 0 unspecified atom stereocenters. The van der Waals surface area contributed by atoms with Crippen LogP contribution in [-0.2, 0) is 4.79 Å². The third kappa shape index (κ3) is 4.32. The summed E-state index contributed by atoms with van der Waals surface area (Å²) in [5.41, 5.74) is 6.99. The number of benzene rings is 1. The summed E-state index contributed by atoms with van der Waals surface area (Å²) in [5.74, 6) is -0.492. The summed E-state index contributed by atoms with van der Waals surface area (Å²) in [5, 5.41) is 2.69. The molecule has 0 aliphatic carbocycles. The molecule has 3 N–H and O–H groups in total. The second-order valence-corrected chi connectivity index (χ2v) is 4.22. The predicted octanol–water partition coefficient (Wildman–Crippen LogP) is 2.48. The minimum atomic E-state index is -0.551. The Bertz CT molecular complexity index is 396. The largest absolute Gasteiger partial charge is 0.324 e. The SMILES string of the molecule is Cc1cc(F)ccc1NC(=O)[C@H](N)C(C)C.Cl. The lowest BCUT2D eigenvalue weighted by Crippen LogP contribution is -2.39. The normalized spacial score (nSPS) is 11.9. The molecule has 0 aliphatic heterocycles. The molecule has 1 amide bonds. The molecule has 0 saturated heterocycles. The number of amides is 1. The van der Waals surface area contributed by atoms with E-state index in [4.69, 9.17) is 5.73 Å². The van der Waals surface area contributed by atoms with E-state index in [0.29, 0.717) is 11.3 Å². The van der Waals surface area contributed by atoms with Gasteiger partial charge in [-0.05, 0) is 36.6 Å². The molecule has 1 rings (SSSR count). The van der Waals surface area contributed by atoms with Gasteiger partial charge in [0.15, 0.2) is 0 Å². The van der Waals surface area contributed by atoms with E-state index >= 15 is 0 Å². The Balaban J connectivity index is 0.00000256. The van der Waals surface area contributed by atoms with Gasteiger partial charge < -0.3 is 11.1 Å². The number of aryl methyl sites for hydroxylation is 1. The first-order chi connectivity index (χ1) is 7.41. The number of nitrogens with one attached hydrogen (secondary N) is 1. The van der Waals surface area contributed by atoms with E-state index in [-0.39, 0.29) is 30.0 Å². The van der Waals surface area contributed by atoms with Gasteiger partial charge in [-0.2, -0.15) is 0 Å². The van der Waals surface area contributed by atoms with Crippen LogP contribution in [0, 0.1) is 18.7 Å². The molecule has 0 radical (unpaired) electrons. The fraction of sp³-hybridized carbons (Fsp3) is 0.417. The summed E-state index contributed by atoms with van der Waals surface area (Å²) < 4.78 is 12.8. The molecule has 3 nitrogen and oxygen atoms in total. The molecule has 1 aromatic carbocycles. The summed E-state index contributed by atoms with van der Waals surface area (Å²) >= 11 is 0. The molecule has 0 fully saturated rings. The third-order valence-corrected chi connectivity index (χ3v) is 2.47. The number of hydrogen-bond acceptors (Lipinski definition) is 2. The lowest BCUT2D eigenvalue weighted by molar-refractivity contribution is -0.118. The number of anilines is 1. The number of hydrogen-bond donors (Lipinski definition) is 2. The zero-order valence-electron chi connectivity index (χ0n) is 10.2. The fourth-order valence-electron chi connectivity index (χ4n) is 1.29. The molecule has 0 saturated carbocycles. The zero-order chi connectivity index (χ0) is 12.3. The van der Waals surface area contributed by atoms with Crippen LogP contribution in [0.3, 0.4) is 0 Å². The number of carbonyl (C=O) groups excluding carboxylic acids is 1. The van der Waals surface area contributed by atoms with Gasteiger partial charge in [0.25, 0.3) is 0 Å². The first-order valence-corrected chi connectivity index (χ1v) is 5.24. The number of nitrogens with two attached hydrogens (primary N) is 1. The molecule has 0 heterocycles. The average molecular weight is 261 g/mol. The highest BCUT2D eigenvalue weighted by molar-refractivity contribution is 5.95. The van der Waals surface area contributed by atoms with Crippen LogP contribution in [0.4, 0.5) is 10.1 Å². The second kappa shape index (κ2) is 6.57. The van der Waals surface area contributed by atoms with Gasteiger partial charge in [0.2, 0.25) is 5.91 Å². The van der Waals surface area contributed by atoms with Crippen molar-refractivity contribution in [3.63, 3.8) is 0 Å². The lowest BCUT2D eigenvalue weighted by Gasteiger charge is -2.16. The smallest absolute Gasteiger partial charge is 0.241 e. The van der Waals surface area contributed by atoms with Gasteiger partial charge in [0.05, 0.1) is 6.04 Å². The van der Waals surface area contributed by atoms with Gasteiger partial charge in [-0.1, -0.05) is 13.8 Å². The molecule has 0 aliphatic rings. The van der Waals surface area contributed by atoms with Crippen molar-refractivity contribution in [3.05, 3.63) is 29.6 Å². The van der Waals surface area contributed by atoms with Gasteiger partial charge in [0.1, 0.15) is 5.82 Å². The van der Waals surface area contributed by atoms with E-state index in [2.05, 4.69) is 5.32 Å². The summed E-state index contributed by atoms with van der Waals surface area (Å²) in [4.78, 5) is 11.7. The van der Waals surface area contributed by atoms with Crippen LogP contribution in [0.5, 0.6) is 0 Å². The molecule has 17 heavy (non-hydrogen) atoms. The van der Waals surface area contributed by atoms with E-state index in [0.717, 1.165) is 0 Å². The molecule has 0 spiro atoms. The summed E-state index contributed by atoms with van der Waals surface area (Å²) in [6.07, 6.45) is 0. The fourth-order valence-corrected chi connectivity index (χ4v) is 1.29. The monoisotopic (exact) mass is 260 g/mol. The quantitative estimate of drug-likeness (QED) is 0.877. The first kappa shape index (κ1) is 15.9. The second-order valence-electron chi connectivity index (χ2n) is 4.22. The zero-order valence-corrected chi connectivity index (χ0v) is 11.0. The Morgan fingerprint density at radius 1 is 1.41 bits per heavy atom. The topological polar surface area (TPSA) is 55.1 Å². The van der Waals surface area contributed by atoms with Gasteiger partial charge in [0, 0.05) is 5.69 Å². The molecule has 0 aromatic heterocycles. The number of halogens is 2. The highest BCUT2D eigenvalue weighted by atomic mass is 35.5. The Kier molecular flexibility index (Phi) is 6.13. The summed E-state index contributed by atoms with van der Waals surface area (Å²) in [6, 6.07) is 3.67. The molecule has 5 heteroatoms. The van der Waals surface area contributed by atoms with E-state index in [1.165, 1.54) is 18.2 Å². The summed E-state index contributed by atoms with van der Waals surface area (Å²) in [6.45, 7) is 5.49. The van der Waals surface area contributed by atoms with E-state index in [1.54, 1.807) is 6.92 Å². The molecule has 96 valence electrons. The van der Waals surface area contributed by atoms with Gasteiger partial charge in [-0.25, -0.2) is 4.39 Å². The Morgan fingerprint density at radius 2 is 2.00 bits per heavy atom. The van der Waals surface area contributed by atoms with E-state index < -0.39 is 6.04 Å². The van der Waals surface area contributed by atoms with Crippen LogP contribution in [0.25, 0.3) is 0 Å². The van der Waals surface area contributed by atoms with Crippen LogP contribution in [0.15, 0.2) is 18.2 Å². The Labute approximate surface area is 107 Å². The standard InChI is InChI=1S/C12H17FN2O.ClH/c1-7(2)11(14)12(16)15-10-5-4-9(13)6-8(10)3;/h4-7,11H,14H2,1-3H3,(H,15,16);1H/t11-;/m1./s1. The number of carbonyl (C=O) groups is 1. The van der Waals surface area contributed by atoms with Crippen LogP contribution >= 0.6 is 12.4 Å². The van der Waals surface area contributed by atoms with E-state index in [9.17, 15) is 9.18 Å². The highest BCUT2D eigenvalue weighted by Crippen LogP contribution is 2.16. The Morgan fingerprint density at radius 3 is 2.47 bits per heavy atom. The highest BCUT2D eigenvalue weighted by Gasteiger charge is 2.17. The van der Waals surface area contributed by atoms with Crippen LogP contribution in [0.1, 0.15) is 19.4 Å². The lowest BCUT2D eigenvalue weighted by atomic mass is 10.0. The van der Waals surface area contributed by atoms with Crippen molar-refractivity contribution in [2.45, 2.75) is 26.8 Å². The minimum absolute atomic E-state index is 0. The molecule has 0 bridgehead atoms. The summed E-state index contributed by atoms with van der Waals surface area (Å²) in [7, 11) is 0. The van der Waals surface area contributed by atoms with Crippen molar-refractivity contribution >= 4 is 24.0 Å². The van der Waals surface area contributed by atoms with Crippen LogP contribution in [0.2, 0.25) is 0 Å². The molecular formula is C12H18ClFN2O. The molecule has 1 aromatic rings. The van der Waals surface area contributed by atoms with Crippen LogP contribution in [-0.4, -0.2) is 11.9 Å². The van der Waals surface area contributed by atoms with Crippen molar-refractivity contribution in [3.8, 4) is 0 Å². The number of rotatable bonds is 3. The van der Waals surface area contributed by atoms with Crippen LogP contribution < -0.4 is 11.1 Å². The van der Waals surface area contributed by atoms with Gasteiger partial charge in [-0.15, -0.1) is 12.4 Å². The van der Waals surface area contributed by atoms with Crippen molar-refractivity contribution in [2.24, 2.45) is 11.7 Å². The van der Waals surface area contributed by atoms with Gasteiger partial charge >= 0.3 is 0 Å². The first-order valence-electron chi connectivity index (χ1n) is 5.24. The Hall–Kier alpha value is -1.13. The van der Waals surface area contributed by atoms with Crippen molar-refractivity contribution in [2.75, 3.05) is 5.32 Å². The van der Waals surface area contributed by atoms with E-state index in [1.807, 2.05) is 13.8 Å². The van der Waals surface area contributed by atoms with Gasteiger partial charge in [-0.3, -0.25) is 4.79 Å². The maximum atomic E-state index is 12.8. The maximum Gasteiger partial charge on any atom is 0.241 e. The third-order valence-electron chi connectivity index (χ3n) is 2.47. The molecular weight excluding hydrogens is 243 g/mol. The van der Waals surface area contributed by atoms with Crippen molar-refractivity contribution in [1.82, 2.24) is 0 Å². The average Bonchev–Trinajstić information content (AvgIpc) is 2.20. The maximum absolute atomic E-state index is 12.8.